The molecule has 0 aliphatic carbocycles. The van der Waals surface area contributed by atoms with Gasteiger partial charge in [0, 0.05) is 6.61 Å². The van der Waals surface area contributed by atoms with Crippen LogP contribution in [0.3, 0.4) is 0 Å². The maximum atomic E-state index is 12.1. The van der Waals surface area contributed by atoms with E-state index in [0.717, 1.165) is 25.0 Å². The van der Waals surface area contributed by atoms with Gasteiger partial charge in [0.1, 0.15) is 19.0 Å². The number of benzene rings is 1. The molecule has 0 spiro atoms. The Kier molecular flexibility index (Phi) is 4.43. The molecule has 7 heteroatoms. The van der Waals surface area contributed by atoms with Gasteiger partial charge in [0.25, 0.3) is 0 Å². The maximum absolute atomic E-state index is 12.1. The largest absolute Gasteiger partial charge is 0.371 e. The lowest BCUT2D eigenvalue weighted by molar-refractivity contribution is -0.125. The summed E-state index contributed by atoms with van der Waals surface area (Å²) < 4.78 is 7.29. The number of hydrogen-bond donors (Lipinski definition) is 1. The molecule has 1 amide bonds. The summed E-state index contributed by atoms with van der Waals surface area (Å²) in [6, 6.07) is 8.22. The predicted octanol–water partition coefficient (Wildman–Crippen LogP) is 1.02. The number of tetrazole rings is 1. The van der Waals surface area contributed by atoms with E-state index in [-0.39, 0.29) is 24.6 Å². The second-order valence-electron chi connectivity index (χ2n) is 5.53. The van der Waals surface area contributed by atoms with E-state index in [1.165, 1.54) is 16.6 Å². The zero-order chi connectivity index (χ0) is 15.4. The maximum Gasteiger partial charge on any atom is 0.242 e. The van der Waals surface area contributed by atoms with Gasteiger partial charge in [-0.1, -0.05) is 29.8 Å². The van der Waals surface area contributed by atoms with Crippen LogP contribution in [0.15, 0.2) is 30.6 Å². The van der Waals surface area contributed by atoms with E-state index in [4.69, 9.17) is 4.74 Å². The first-order valence-electron chi connectivity index (χ1n) is 7.40. The topological polar surface area (TPSA) is 81.9 Å². The molecule has 3 rings (SSSR count). The van der Waals surface area contributed by atoms with Crippen LogP contribution in [0, 0.1) is 6.92 Å². The van der Waals surface area contributed by atoms with Crippen molar-refractivity contribution < 1.29 is 9.53 Å². The van der Waals surface area contributed by atoms with Crippen molar-refractivity contribution in [1.82, 2.24) is 25.5 Å². The molecule has 1 saturated heterocycles. The Morgan fingerprint density at radius 1 is 1.41 bits per heavy atom. The molecule has 1 fully saturated rings. The summed E-state index contributed by atoms with van der Waals surface area (Å²) in [4.78, 5) is 12.1. The summed E-state index contributed by atoms with van der Waals surface area (Å²) in [5.74, 6) is -0.111. The fourth-order valence-electron chi connectivity index (χ4n) is 2.67. The van der Waals surface area contributed by atoms with E-state index in [9.17, 15) is 4.79 Å². The smallest absolute Gasteiger partial charge is 0.242 e. The lowest BCUT2D eigenvalue weighted by Crippen LogP contribution is -2.44. The monoisotopic (exact) mass is 301 g/mol. The summed E-state index contributed by atoms with van der Waals surface area (Å²) in [5, 5.41) is 13.8. The normalized spacial score (nSPS) is 21.5. The van der Waals surface area contributed by atoms with Crippen LogP contribution in [-0.4, -0.2) is 38.8 Å². The standard InChI is InChI=1S/C15H19N5O2/c1-11-4-6-12(7-5-11)15-13(3-2-8-22-15)17-14(21)9-20-10-16-18-19-20/h4-7,10,13,15H,2-3,8-9H2,1H3,(H,17,21)/t13-,15-/m1/s1. The predicted molar refractivity (Wildman–Crippen MR) is 78.9 cm³/mol. The Hall–Kier alpha value is -2.28. The van der Waals surface area contributed by atoms with E-state index in [2.05, 4.69) is 52.0 Å². The van der Waals surface area contributed by atoms with Crippen LogP contribution in [0.1, 0.15) is 30.1 Å². The van der Waals surface area contributed by atoms with E-state index in [1.54, 1.807) is 0 Å². The van der Waals surface area contributed by atoms with Gasteiger partial charge in [-0.2, -0.15) is 0 Å². The fraction of sp³-hybridized carbons (Fsp3) is 0.467. The van der Waals surface area contributed by atoms with Crippen molar-refractivity contribution in [2.75, 3.05) is 6.61 Å². The third-order valence-electron chi connectivity index (χ3n) is 3.77. The molecular weight excluding hydrogens is 282 g/mol. The van der Waals surface area contributed by atoms with Crippen LogP contribution < -0.4 is 5.32 Å². The Labute approximate surface area is 128 Å². The number of aromatic nitrogens is 4. The van der Waals surface area contributed by atoms with Crippen molar-refractivity contribution in [3.63, 3.8) is 0 Å². The molecule has 1 aliphatic rings. The molecule has 1 aliphatic heterocycles. The first-order chi connectivity index (χ1) is 10.7. The van der Waals surface area contributed by atoms with Crippen molar-refractivity contribution in [2.45, 2.75) is 38.5 Å². The molecule has 1 N–H and O–H groups in total. The van der Waals surface area contributed by atoms with Gasteiger partial charge >= 0.3 is 0 Å². The van der Waals surface area contributed by atoms with E-state index < -0.39 is 0 Å². The average molecular weight is 301 g/mol. The van der Waals surface area contributed by atoms with E-state index in [0.29, 0.717) is 0 Å². The Balaban J connectivity index is 1.67. The SMILES string of the molecule is Cc1ccc([C@H]2OCCC[C@H]2NC(=O)Cn2cnnn2)cc1. The number of rotatable bonds is 4. The summed E-state index contributed by atoms with van der Waals surface area (Å²) in [6.45, 7) is 2.89. The third kappa shape index (κ3) is 3.48. The summed E-state index contributed by atoms with van der Waals surface area (Å²) in [7, 11) is 0. The molecule has 2 heterocycles. The van der Waals surface area contributed by atoms with Gasteiger partial charge in [0.05, 0.1) is 6.04 Å². The third-order valence-corrected chi connectivity index (χ3v) is 3.77. The van der Waals surface area contributed by atoms with Crippen LogP contribution in [0.4, 0.5) is 0 Å². The lowest BCUT2D eigenvalue weighted by atomic mass is 9.95. The Bertz CT molecular complexity index is 611. The Morgan fingerprint density at radius 2 is 2.23 bits per heavy atom. The highest BCUT2D eigenvalue weighted by atomic mass is 16.5. The first kappa shape index (κ1) is 14.6. The number of carbonyl (C=O) groups excluding carboxylic acids is 1. The first-order valence-corrected chi connectivity index (χ1v) is 7.40. The molecule has 1 aromatic heterocycles. The molecule has 0 saturated carbocycles. The van der Waals surface area contributed by atoms with Gasteiger partial charge in [0.2, 0.25) is 5.91 Å². The molecule has 7 nitrogen and oxygen atoms in total. The van der Waals surface area contributed by atoms with Crippen molar-refractivity contribution in [3.8, 4) is 0 Å². The molecule has 1 aromatic carbocycles. The highest BCUT2D eigenvalue weighted by molar-refractivity contribution is 5.76. The fourth-order valence-corrected chi connectivity index (χ4v) is 2.67. The van der Waals surface area contributed by atoms with Gasteiger partial charge in [-0.25, -0.2) is 4.68 Å². The van der Waals surface area contributed by atoms with Crippen LogP contribution in [-0.2, 0) is 16.1 Å². The zero-order valence-electron chi connectivity index (χ0n) is 12.5. The van der Waals surface area contributed by atoms with Crippen LogP contribution >= 0.6 is 0 Å². The number of aryl methyl sites for hydroxylation is 1. The minimum Gasteiger partial charge on any atom is -0.371 e. The van der Waals surface area contributed by atoms with Crippen molar-refractivity contribution in [2.24, 2.45) is 0 Å². The van der Waals surface area contributed by atoms with Gasteiger partial charge in [-0.3, -0.25) is 4.79 Å². The average Bonchev–Trinajstić information content (AvgIpc) is 3.01. The molecular formula is C15H19N5O2. The number of amides is 1. The quantitative estimate of drug-likeness (QED) is 0.911. The van der Waals surface area contributed by atoms with Crippen molar-refractivity contribution >= 4 is 5.91 Å². The number of hydrogen-bond acceptors (Lipinski definition) is 5. The van der Waals surface area contributed by atoms with Crippen molar-refractivity contribution in [1.29, 1.82) is 0 Å². The number of nitrogens with zero attached hydrogens (tertiary/aromatic N) is 4. The van der Waals surface area contributed by atoms with Gasteiger partial charge in [-0.05, 0) is 35.8 Å². The van der Waals surface area contributed by atoms with Gasteiger partial charge < -0.3 is 10.1 Å². The van der Waals surface area contributed by atoms with E-state index in [1.807, 2.05) is 0 Å². The molecule has 2 atom stereocenters. The summed E-state index contributed by atoms with van der Waals surface area (Å²) in [5.41, 5.74) is 2.30. The lowest BCUT2D eigenvalue weighted by Gasteiger charge is -2.32. The number of ether oxygens (including phenoxy) is 1. The van der Waals surface area contributed by atoms with Crippen LogP contribution in [0.25, 0.3) is 0 Å². The molecule has 116 valence electrons. The van der Waals surface area contributed by atoms with Crippen molar-refractivity contribution in [3.05, 3.63) is 41.7 Å². The van der Waals surface area contributed by atoms with Gasteiger partial charge in [0.15, 0.2) is 0 Å². The minimum atomic E-state index is -0.111. The highest BCUT2D eigenvalue weighted by Crippen LogP contribution is 2.28. The molecule has 0 bridgehead atoms. The van der Waals surface area contributed by atoms with Crippen LogP contribution in [0.5, 0.6) is 0 Å². The second-order valence-corrected chi connectivity index (χ2v) is 5.53. The molecule has 2 aromatic rings. The minimum absolute atomic E-state index is 0.0274. The van der Waals surface area contributed by atoms with Gasteiger partial charge in [-0.15, -0.1) is 5.10 Å². The summed E-state index contributed by atoms with van der Waals surface area (Å²) >= 11 is 0. The number of carbonyl (C=O) groups is 1. The second kappa shape index (κ2) is 6.65. The van der Waals surface area contributed by atoms with Crippen LogP contribution in [0.2, 0.25) is 0 Å². The Morgan fingerprint density at radius 3 is 2.95 bits per heavy atom. The van der Waals surface area contributed by atoms with E-state index >= 15 is 0 Å². The molecule has 22 heavy (non-hydrogen) atoms. The highest BCUT2D eigenvalue weighted by Gasteiger charge is 2.28. The number of nitrogens with one attached hydrogen (secondary N) is 1. The molecule has 0 unspecified atom stereocenters. The summed E-state index contributed by atoms with van der Waals surface area (Å²) in [6.07, 6.45) is 3.17. The molecule has 0 radical (unpaired) electrons. The zero-order valence-corrected chi connectivity index (χ0v) is 12.5.